The summed E-state index contributed by atoms with van der Waals surface area (Å²) in [7, 11) is 6.23. The van der Waals surface area contributed by atoms with Crippen molar-refractivity contribution in [2.24, 2.45) is 29.6 Å². The van der Waals surface area contributed by atoms with Crippen LogP contribution in [0.15, 0.2) is 60.1 Å². The van der Waals surface area contributed by atoms with Crippen LogP contribution in [0.25, 0.3) is 0 Å². The van der Waals surface area contributed by atoms with E-state index in [0.717, 1.165) is 17.0 Å². The molecule has 2 aliphatic heterocycles. The minimum absolute atomic E-state index is 0.0201. The molecule has 0 radical (unpaired) electrons. The van der Waals surface area contributed by atoms with E-state index in [1.165, 1.54) is 48.6 Å². The largest absolute Gasteiger partial charge is 0.460 e. The Morgan fingerprint density at radius 2 is 1.58 bits per heavy atom. The summed E-state index contributed by atoms with van der Waals surface area (Å²) in [5.41, 5.74) is 3.23. The number of ketones is 2. The lowest BCUT2D eigenvalue weighted by Gasteiger charge is -2.41. The maximum Gasteiger partial charge on any atom is 0.410 e. The van der Waals surface area contributed by atoms with Crippen molar-refractivity contribution in [2.75, 3.05) is 59.9 Å². The highest BCUT2D eigenvalue weighted by Crippen LogP contribution is 2.35. The first-order valence-corrected chi connectivity index (χ1v) is 30.2. The van der Waals surface area contributed by atoms with Gasteiger partial charge in [0, 0.05) is 90.0 Å². The molecule has 0 saturated carbocycles. The SMILES string of the molecule is CCC(C)[C@@H]([C@@H](CC(=O)N1CCC[C@H]1[C@H](OC)[C@@H](C)C(=O)C[C@@H](Cc1ccccc1)c1nccs1)OC)N(C)C(=O)[C@@H](CC(=O)[C@H](C(C)C)N(C)C(=O)OCc1ccc(O[C@@H]2OC[C@@H](O)[C@H](O)C2O)c(NC(=O)CCNC(=O)CNO)c1)C(C)C. The van der Waals surface area contributed by atoms with Crippen molar-refractivity contribution in [3.8, 4) is 5.75 Å². The van der Waals surface area contributed by atoms with Crippen LogP contribution in [0.5, 0.6) is 5.75 Å². The number of likely N-dealkylation sites (tertiary alicyclic amines) is 1. The predicted molar refractivity (Wildman–Crippen MR) is 316 cm³/mol. The lowest BCUT2D eigenvalue weighted by atomic mass is 9.83. The van der Waals surface area contributed by atoms with Gasteiger partial charge in [0.05, 0.1) is 60.6 Å². The molecule has 1 aromatic heterocycles. The molecule has 0 bridgehead atoms. The number of methoxy groups -OCH3 is 2. The Hall–Kier alpha value is -5.96. The molecule has 5 rings (SSSR count). The zero-order valence-corrected chi connectivity index (χ0v) is 51.8. The zero-order valence-electron chi connectivity index (χ0n) is 51.0. The van der Waals surface area contributed by atoms with Crippen molar-refractivity contribution in [2.45, 2.75) is 167 Å². The van der Waals surface area contributed by atoms with Crippen molar-refractivity contribution in [1.82, 2.24) is 30.5 Å². The van der Waals surface area contributed by atoms with E-state index in [9.17, 15) is 48.9 Å². The standard InChI is InChI=1S/C61H91N7O16S/c1-12-37(6)54(49(80-10)31-52(74)68-25-16-19-44(68)57(81-11)38(7)45(69)29-41(58-63-24-26-85-58)27-39-17-14-13-15-18-39)66(8)59(77)42(35(2)3)30-46(70)53(36(4)5)67(9)61(78)83-33-40-20-21-48(84-60-56(76)55(75)47(71)34-82-60)43(28-40)65-50(72)22-23-62-51(73)32-64-79/h13-15,17-18,20-21,24,26,28,35-38,41-42,44,47,49,53-57,60,64,71,75-76,79H,12,16,19,22-23,25,27,29-34H2,1-11H3,(H,62,73)(H,65,72)/t37?,38-,41+,42-,44-,47+,49+,53-,54-,55-,56?,57+,60-/m0/s1. The number of aliphatic hydroxyl groups is 3. The molecule has 5 amide bonds. The van der Waals surface area contributed by atoms with E-state index >= 15 is 0 Å². The predicted octanol–water partition coefficient (Wildman–Crippen LogP) is 5.11. The van der Waals surface area contributed by atoms with E-state index in [0.29, 0.717) is 31.4 Å². The molecular weight excluding hydrogens is 1120 g/mol. The minimum Gasteiger partial charge on any atom is -0.460 e. The molecule has 2 unspecified atom stereocenters. The summed E-state index contributed by atoms with van der Waals surface area (Å²) in [5.74, 6) is -4.37. The molecule has 0 aliphatic carbocycles. The summed E-state index contributed by atoms with van der Waals surface area (Å²) < 4.78 is 29.2. The highest BCUT2D eigenvalue weighted by molar-refractivity contribution is 7.09. The lowest BCUT2D eigenvalue weighted by molar-refractivity contribution is -0.241. The van der Waals surface area contributed by atoms with Crippen LogP contribution in [0, 0.1) is 29.6 Å². The first kappa shape index (κ1) is 69.8. The number of hydrogen-bond donors (Lipinski definition) is 7. The summed E-state index contributed by atoms with van der Waals surface area (Å²) in [6.45, 7) is 12.4. The highest BCUT2D eigenvalue weighted by Gasteiger charge is 2.44. The summed E-state index contributed by atoms with van der Waals surface area (Å²) in [5, 5.41) is 47.5. The quantitative estimate of drug-likeness (QED) is 0.0390. The first-order chi connectivity index (χ1) is 40.5. The number of amides is 5. The normalized spacial score (nSPS) is 20.8. The summed E-state index contributed by atoms with van der Waals surface area (Å²) >= 11 is 1.53. The molecule has 85 heavy (non-hydrogen) atoms. The van der Waals surface area contributed by atoms with Gasteiger partial charge in [-0.3, -0.25) is 28.8 Å². The van der Waals surface area contributed by atoms with Gasteiger partial charge in [-0.1, -0.05) is 91.3 Å². The molecule has 2 aromatic carbocycles. The Bertz CT molecular complexity index is 2630. The van der Waals surface area contributed by atoms with E-state index in [4.69, 9.17) is 28.9 Å². The maximum absolute atomic E-state index is 14.9. The third-order valence-corrected chi connectivity index (χ3v) is 17.4. The zero-order chi connectivity index (χ0) is 62.7. The second-order valence-corrected chi connectivity index (χ2v) is 24.0. The molecule has 2 saturated heterocycles. The molecule has 0 spiro atoms. The molecule has 13 atom stereocenters. The van der Waals surface area contributed by atoms with Crippen molar-refractivity contribution in [3.05, 3.63) is 76.2 Å². The van der Waals surface area contributed by atoms with E-state index in [2.05, 4.69) is 15.6 Å². The molecule has 3 aromatic rings. The lowest BCUT2D eigenvalue weighted by Crippen LogP contribution is -2.54. The van der Waals surface area contributed by atoms with E-state index in [1.54, 1.807) is 44.6 Å². The van der Waals surface area contributed by atoms with Gasteiger partial charge in [0.25, 0.3) is 0 Å². The number of nitrogens with one attached hydrogen (secondary N) is 3. The number of thiazole rings is 1. The van der Waals surface area contributed by atoms with Crippen LogP contribution in [0.1, 0.15) is 115 Å². The molecule has 7 N–H and O–H groups in total. The fraction of sp³-hybridized carbons (Fsp3) is 0.639. The number of carbonyl (C=O) groups excluding carboxylic acids is 7. The second kappa shape index (κ2) is 33.8. The number of anilines is 1. The fourth-order valence-electron chi connectivity index (χ4n) is 11.5. The second-order valence-electron chi connectivity index (χ2n) is 23.1. The van der Waals surface area contributed by atoms with Crippen LogP contribution in [-0.2, 0) is 60.7 Å². The van der Waals surface area contributed by atoms with Crippen LogP contribution in [0.3, 0.4) is 0 Å². The average molecular weight is 1210 g/mol. The first-order valence-electron chi connectivity index (χ1n) is 29.3. The van der Waals surface area contributed by atoms with Crippen molar-refractivity contribution in [3.63, 3.8) is 0 Å². The van der Waals surface area contributed by atoms with Gasteiger partial charge >= 0.3 is 6.09 Å². The highest BCUT2D eigenvalue weighted by atomic mass is 32.1. The number of benzene rings is 2. The summed E-state index contributed by atoms with van der Waals surface area (Å²) in [4.78, 5) is 106. The van der Waals surface area contributed by atoms with Gasteiger partial charge in [-0.25, -0.2) is 9.78 Å². The van der Waals surface area contributed by atoms with Crippen LogP contribution in [-0.4, -0.2) is 191 Å². The monoisotopic (exact) mass is 1210 g/mol. The maximum atomic E-state index is 14.9. The Morgan fingerprint density at radius 1 is 0.859 bits per heavy atom. The molecule has 2 fully saturated rings. The van der Waals surface area contributed by atoms with Crippen molar-refractivity contribution < 1.29 is 77.8 Å². The van der Waals surface area contributed by atoms with Gasteiger partial charge in [0.15, 0.2) is 5.78 Å². The Kier molecular flexibility index (Phi) is 27.8. The summed E-state index contributed by atoms with van der Waals surface area (Å²) in [6, 6.07) is 12.4. The number of hydrogen-bond acceptors (Lipinski definition) is 19. The minimum atomic E-state index is -1.66. The number of hydroxylamine groups is 1. The number of likely N-dealkylation sites (N-methyl/N-ethyl adjacent to an activating group) is 2. The average Bonchev–Trinajstić information content (AvgIpc) is 4.43. The van der Waals surface area contributed by atoms with Crippen LogP contribution in [0.2, 0.25) is 0 Å². The number of ether oxygens (including phenoxy) is 5. The molecule has 24 heteroatoms. The van der Waals surface area contributed by atoms with Gasteiger partial charge in [0.1, 0.15) is 36.5 Å². The van der Waals surface area contributed by atoms with Crippen LogP contribution in [0.4, 0.5) is 10.5 Å². The Labute approximate surface area is 503 Å². The number of aromatic nitrogens is 1. The number of nitrogens with zero attached hydrogens (tertiary/aromatic N) is 4. The number of aliphatic hydroxyl groups excluding tert-OH is 3. The molecule has 472 valence electrons. The topological polar surface area (TPSA) is 305 Å². The van der Waals surface area contributed by atoms with E-state index in [1.807, 2.05) is 75.2 Å². The van der Waals surface area contributed by atoms with Gasteiger partial charge < -0.3 is 69.5 Å². The third kappa shape index (κ3) is 19.3. The molecular formula is C61H91N7O16S. The van der Waals surface area contributed by atoms with Crippen molar-refractivity contribution in [1.29, 1.82) is 0 Å². The van der Waals surface area contributed by atoms with E-state index in [-0.39, 0.29) is 111 Å². The molecule has 3 heterocycles. The number of rotatable bonds is 33. The van der Waals surface area contributed by atoms with Gasteiger partial charge in [-0.15, -0.1) is 11.3 Å². The van der Waals surface area contributed by atoms with Gasteiger partial charge in [0.2, 0.25) is 29.9 Å². The third-order valence-electron chi connectivity index (χ3n) is 16.4. The summed E-state index contributed by atoms with van der Waals surface area (Å²) in [6.07, 6.45) is -4.01. The van der Waals surface area contributed by atoms with Gasteiger partial charge in [-0.2, -0.15) is 5.48 Å². The number of carbonyl (C=O) groups is 7. The Morgan fingerprint density at radius 3 is 2.20 bits per heavy atom. The number of Topliss-reactive ketones (excluding diaryl/α,β-unsaturated/α-hetero) is 2. The fourth-order valence-corrected chi connectivity index (χ4v) is 12.2. The van der Waals surface area contributed by atoms with Crippen LogP contribution < -0.4 is 20.9 Å². The van der Waals surface area contributed by atoms with Crippen LogP contribution >= 0.6 is 11.3 Å². The Balaban J connectivity index is 1.26. The van der Waals surface area contributed by atoms with E-state index < -0.39 is 84.6 Å². The van der Waals surface area contributed by atoms with Crippen molar-refractivity contribution >= 4 is 58.3 Å². The van der Waals surface area contributed by atoms with Gasteiger partial charge in [-0.05, 0) is 60.3 Å². The molecule has 23 nitrogen and oxygen atoms in total. The smallest absolute Gasteiger partial charge is 0.410 e. The molecule has 2 aliphatic rings.